The Kier molecular flexibility index (Phi) is 3.49. The SMILES string of the molecule is COc1ccc(Br)c(C(=O)Nn2cccc2)c1. The van der Waals surface area contributed by atoms with E-state index >= 15 is 0 Å². The van der Waals surface area contributed by atoms with E-state index in [1.165, 1.54) is 0 Å². The molecule has 2 rings (SSSR count). The minimum Gasteiger partial charge on any atom is -0.497 e. The van der Waals surface area contributed by atoms with E-state index in [4.69, 9.17) is 4.74 Å². The summed E-state index contributed by atoms with van der Waals surface area (Å²) >= 11 is 3.34. The van der Waals surface area contributed by atoms with E-state index in [0.29, 0.717) is 11.3 Å². The number of ether oxygens (including phenoxy) is 1. The van der Waals surface area contributed by atoms with Gasteiger partial charge in [-0.25, -0.2) is 0 Å². The number of hydrogen-bond acceptors (Lipinski definition) is 2. The van der Waals surface area contributed by atoms with Crippen molar-refractivity contribution in [3.05, 3.63) is 52.8 Å². The van der Waals surface area contributed by atoms with E-state index in [0.717, 1.165) is 4.47 Å². The van der Waals surface area contributed by atoms with E-state index in [-0.39, 0.29) is 5.91 Å². The maximum atomic E-state index is 12.0. The first-order valence-electron chi connectivity index (χ1n) is 4.98. The smallest absolute Gasteiger partial charge is 0.271 e. The van der Waals surface area contributed by atoms with Gasteiger partial charge in [-0.1, -0.05) is 0 Å². The number of nitrogens with zero attached hydrogens (tertiary/aromatic N) is 1. The number of methoxy groups -OCH3 is 1. The highest BCUT2D eigenvalue weighted by atomic mass is 79.9. The zero-order valence-corrected chi connectivity index (χ0v) is 10.8. The Balaban J connectivity index is 2.24. The second-order valence-corrected chi connectivity index (χ2v) is 4.23. The van der Waals surface area contributed by atoms with Crippen LogP contribution in [0.5, 0.6) is 5.75 Å². The van der Waals surface area contributed by atoms with E-state index in [1.54, 1.807) is 42.4 Å². The summed E-state index contributed by atoms with van der Waals surface area (Å²) in [6.45, 7) is 0. The molecule has 2 aromatic rings. The van der Waals surface area contributed by atoms with Crippen molar-refractivity contribution in [1.29, 1.82) is 0 Å². The number of benzene rings is 1. The molecule has 0 radical (unpaired) electrons. The number of rotatable bonds is 3. The number of amides is 1. The van der Waals surface area contributed by atoms with Crippen molar-refractivity contribution in [3.63, 3.8) is 0 Å². The van der Waals surface area contributed by atoms with Crippen LogP contribution in [0.4, 0.5) is 0 Å². The molecular weight excluding hydrogens is 284 g/mol. The van der Waals surface area contributed by atoms with Crippen molar-refractivity contribution in [3.8, 4) is 5.75 Å². The van der Waals surface area contributed by atoms with Crippen LogP contribution in [0.3, 0.4) is 0 Å². The zero-order chi connectivity index (χ0) is 12.3. The highest BCUT2D eigenvalue weighted by Gasteiger charge is 2.11. The lowest BCUT2D eigenvalue weighted by atomic mass is 10.2. The molecule has 0 bridgehead atoms. The van der Waals surface area contributed by atoms with Gasteiger partial charge in [0.15, 0.2) is 0 Å². The van der Waals surface area contributed by atoms with Crippen LogP contribution in [0, 0.1) is 0 Å². The molecule has 0 atom stereocenters. The van der Waals surface area contributed by atoms with Crippen LogP contribution >= 0.6 is 15.9 Å². The molecular formula is C12H11BrN2O2. The van der Waals surface area contributed by atoms with Crippen LogP contribution in [0.25, 0.3) is 0 Å². The molecule has 5 heteroatoms. The molecule has 0 saturated heterocycles. The van der Waals surface area contributed by atoms with Crippen molar-refractivity contribution in [2.24, 2.45) is 0 Å². The molecule has 1 aromatic heterocycles. The fraction of sp³-hybridized carbons (Fsp3) is 0.0833. The van der Waals surface area contributed by atoms with Gasteiger partial charge >= 0.3 is 0 Å². The summed E-state index contributed by atoms with van der Waals surface area (Å²) in [5, 5.41) is 0. The Bertz CT molecular complexity index is 523. The highest BCUT2D eigenvalue weighted by Crippen LogP contribution is 2.22. The lowest BCUT2D eigenvalue weighted by Gasteiger charge is -2.09. The van der Waals surface area contributed by atoms with Gasteiger partial charge in [-0.05, 0) is 46.3 Å². The molecule has 0 aliphatic heterocycles. The molecule has 1 heterocycles. The average Bonchev–Trinajstić information content (AvgIpc) is 2.82. The summed E-state index contributed by atoms with van der Waals surface area (Å²) < 4.78 is 7.40. The summed E-state index contributed by atoms with van der Waals surface area (Å²) in [6, 6.07) is 8.92. The third-order valence-electron chi connectivity index (χ3n) is 2.25. The topological polar surface area (TPSA) is 43.3 Å². The summed E-state index contributed by atoms with van der Waals surface area (Å²) in [7, 11) is 1.57. The Morgan fingerprint density at radius 1 is 1.35 bits per heavy atom. The van der Waals surface area contributed by atoms with Crippen LogP contribution in [-0.4, -0.2) is 17.7 Å². The molecule has 1 aromatic carbocycles. The largest absolute Gasteiger partial charge is 0.497 e. The lowest BCUT2D eigenvalue weighted by Crippen LogP contribution is -2.21. The monoisotopic (exact) mass is 294 g/mol. The number of halogens is 1. The molecule has 4 nitrogen and oxygen atoms in total. The second kappa shape index (κ2) is 5.05. The highest BCUT2D eigenvalue weighted by molar-refractivity contribution is 9.10. The molecule has 0 saturated carbocycles. The standard InChI is InChI=1S/C12H11BrN2O2/c1-17-9-4-5-11(13)10(8-9)12(16)14-15-6-2-3-7-15/h2-8H,1H3,(H,14,16). The Morgan fingerprint density at radius 3 is 2.71 bits per heavy atom. The first-order chi connectivity index (χ1) is 8.20. The predicted octanol–water partition coefficient (Wildman–Crippen LogP) is 2.64. The fourth-order valence-electron chi connectivity index (χ4n) is 1.39. The maximum absolute atomic E-state index is 12.0. The minimum atomic E-state index is -0.202. The van der Waals surface area contributed by atoms with Gasteiger partial charge in [0, 0.05) is 16.9 Å². The van der Waals surface area contributed by atoms with Gasteiger partial charge in [-0.15, -0.1) is 0 Å². The van der Waals surface area contributed by atoms with Crippen molar-refractivity contribution >= 4 is 21.8 Å². The Labute approximate surface area is 107 Å². The summed E-state index contributed by atoms with van der Waals surface area (Å²) in [5.41, 5.74) is 3.25. The lowest BCUT2D eigenvalue weighted by molar-refractivity contribution is 0.101. The molecule has 0 fully saturated rings. The Hall–Kier alpha value is -1.75. The van der Waals surface area contributed by atoms with Crippen LogP contribution in [0.1, 0.15) is 10.4 Å². The van der Waals surface area contributed by atoms with Gasteiger partial charge in [0.2, 0.25) is 0 Å². The number of hydrogen-bond donors (Lipinski definition) is 1. The van der Waals surface area contributed by atoms with Crippen molar-refractivity contribution < 1.29 is 9.53 Å². The third-order valence-corrected chi connectivity index (χ3v) is 2.94. The molecule has 1 N–H and O–H groups in total. The number of nitrogens with one attached hydrogen (secondary N) is 1. The van der Waals surface area contributed by atoms with Crippen LogP contribution in [0.15, 0.2) is 47.2 Å². The van der Waals surface area contributed by atoms with Crippen molar-refractivity contribution in [2.45, 2.75) is 0 Å². The molecule has 0 aliphatic carbocycles. The van der Waals surface area contributed by atoms with Gasteiger partial charge in [-0.2, -0.15) is 0 Å². The molecule has 1 amide bonds. The number of carbonyl (C=O) groups excluding carboxylic acids is 1. The Morgan fingerprint density at radius 2 is 2.06 bits per heavy atom. The van der Waals surface area contributed by atoms with E-state index in [1.807, 2.05) is 12.1 Å². The molecule has 0 spiro atoms. The molecule has 88 valence electrons. The van der Waals surface area contributed by atoms with Gasteiger partial charge in [0.05, 0.1) is 12.7 Å². The van der Waals surface area contributed by atoms with E-state index < -0.39 is 0 Å². The van der Waals surface area contributed by atoms with Crippen molar-refractivity contribution in [1.82, 2.24) is 4.68 Å². The fourth-order valence-corrected chi connectivity index (χ4v) is 1.82. The molecule has 0 unspecified atom stereocenters. The van der Waals surface area contributed by atoms with Gasteiger partial charge in [-0.3, -0.25) is 14.9 Å². The van der Waals surface area contributed by atoms with E-state index in [2.05, 4.69) is 21.4 Å². The minimum absolute atomic E-state index is 0.202. The summed E-state index contributed by atoms with van der Waals surface area (Å²) in [4.78, 5) is 12.0. The average molecular weight is 295 g/mol. The van der Waals surface area contributed by atoms with Crippen LogP contribution < -0.4 is 10.2 Å². The van der Waals surface area contributed by atoms with Gasteiger partial charge in [0.1, 0.15) is 5.75 Å². The van der Waals surface area contributed by atoms with Crippen molar-refractivity contribution in [2.75, 3.05) is 12.5 Å². The number of carbonyl (C=O) groups is 1. The summed E-state index contributed by atoms with van der Waals surface area (Å²) in [6.07, 6.45) is 3.51. The first-order valence-corrected chi connectivity index (χ1v) is 5.78. The predicted molar refractivity (Wildman–Crippen MR) is 68.8 cm³/mol. The number of aromatic nitrogens is 1. The van der Waals surface area contributed by atoms with E-state index in [9.17, 15) is 4.79 Å². The summed E-state index contributed by atoms with van der Waals surface area (Å²) in [5.74, 6) is 0.442. The van der Waals surface area contributed by atoms with Gasteiger partial charge in [0.25, 0.3) is 5.91 Å². The zero-order valence-electron chi connectivity index (χ0n) is 9.18. The quantitative estimate of drug-likeness (QED) is 0.946. The first kappa shape index (κ1) is 11.7. The van der Waals surface area contributed by atoms with Crippen LogP contribution in [0.2, 0.25) is 0 Å². The third kappa shape index (κ3) is 2.68. The molecule has 0 aliphatic rings. The normalized spacial score (nSPS) is 10.0. The second-order valence-electron chi connectivity index (χ2n) is 3.38. The molecule has 17 heavy (non-hydrogen) atoms. The van der Waals surface area contributed by atoms with Gasteiger partial charge < -0.3 is 4.74 Å². The van der Waals surface area contributed by atoms with Crippen LogP contribution in [-0.2, 0) is 0 Å². The maximum Gasteiger partial charge on any atom is 0.271 e.